The molecule has 1 fully saturated rings. The summed E-state index contributed by atoms with van der Waals surface area (Å²) in [5.74, 6) is -0.0154. The minimum Gasteiger partial charge on any atom is -0.454 e. The minimum atomic E-state index is -0.696. The lowest BCUT2D eigenvalue weighted by molar-refractivity contribution is -0.132. The highest BCUT2D eigenvalue weighted by Crippen LogP contribution is 2.32. The van der Waals surface area contributed by atoms with Crippen LogP contribution in [-0.2, 0) is 22.7 Å². The van der Waals surface area contributed by atoms with Crippen LogP contribution in [0, 0.1) is 0 Å². The minimum absolute atomic E-state index is 0.0294. The smallest absolute Gasteiger partial charge is 0.292 e. The molecule has 2 amide bonds. The summed E-state index contributed by atoms with van der Waals surface area (Å²) >= 11 is 0. The van der Waals surface area contributed by atoms with E-state index in [1.807, 2.05) is 29.2 Å². The number of likely N-dealkylation sites (tertiary alicyclic amines) is 1. The maximum Gasteiger partial charge on any atom is 0.292 e. The van der Waals surface area contributed by atoms with Gasteiger partial charge in [-0.2, -0.15) is 0 Å². The van der Waals surface area contributed by atoms with Crippen LogP contribution in [0.3, 0.4) is 0 Å². The number of benzene rings is 2. The summed E-state index contributed by atoms with van der Waals surface area (Å²) in [6, 6.07) is 12.7. The van der Waals surface area contributed by atoms with Gasteiger partial charge in [-0.3, -0.25) is 14.4 Å². The molecular formula is C25H25N3O5. The van der Waals surface area contributed by atoms with Crippen LogP contribution < -0.4 is 14.8 Å². The highest BCUT2D eigenvalue weighted by atomic mass is 16.7. The number of hydrogen-bond donors (Lipinski definition) is 1. The fourth-order valence-electron chi connectivity index (χ4n) is 4.38. The highest BCUT2D eigenvalue weighted by Gasteiger charge is 2.24. The zero-order valence-electron chi connectivity index (χ0n) is 18.2. The number of ketones is 1. The third-order valence-corrected chi connectivity index (χ3v) is 6.14. The Bertz CT molecular complexity index is 1230. The number of carbonyl (C=O) groups excluding carboxylic acids is 3. The average Bonchev–Trinajstić information content (AvgIpc) is 3.47. The first-order valence-corrected chi connectivity index (χ1v) is 11.2. The first-order chi connectivity index (χ1) is 16.1. The van der Waals surface area contributed by atoms with Gasteiger partial charge in [-0.1, -0.05) is 24.3 Å². The number of nitrogens with zero attached hydrogens (tertiary/aromatic N) is 2. The molecule has 2 aromatic carbocycles. The SMILES string of the molecule is O=C(NCc1ccc2c(c1)OCO2)C(=O)c1cn(CC(=O)N2CCCCC2)c2ccccc12. The molecule has 0 saturated carbocycles. The Morgan fingerprint density at radius 3 is 2.58 bits per heavy atom. The molecule has 1 aromatic heterocycles. The molecule has 0 bridgehead atoms. The van der Waals surface area contributed by atoms with Crippen LogP contribution in [0.25, 0.3) is 10.9 Å². The van der Waals surface area contributed by atoms with Crippen LogP contribution >= 0.6 is 0 Å². The van der Waals surface area contributed by atoms with Crippen LogP contribution in [0.15, 0.2) is 48.7 Å². The number of piperidine rings is 1. The van der Waals surface area contributed by atoms with Gasteiger partial charge in [0.2, 0.25) is 12.7 Å². The fourth-order valence-corrected chi connectivity index (χ4v) is 4.38. The summed E-state index contributed by atoms with van der Waals surface area (Å²) in [6.45, 7) is 2.05. The molecule has 2 aliphatic rings. The number of aromatic nitrogens is 1. The Balaban J connectivity index is 1.31. The number of amides is 2. The van der Waals surface area contributed by atoms with Gasteiger partial charge in [0, 0.05) is 36.7 Å². The lowest BCUT2D eigenvalue weighted by Crippen LogP contribution is -2.37. The lowest BCUT2D eigenvalue weighted by atomic mass is 10.1. The molecular weight excluding hydrogens is 422 g/mol. The van der Waals surface area contributed by atoms with Crippen molar-refractivity contribution < 1.29 is 23.9 Å². The molecule has 170 valence electrons. The Kier molecular flexibility index (Phi) is 5.73. The van der Waals surface area contributed by atoms with Gasteiger partial charge < -0.3 is 24.3 Å². The molecule has 2 aliphatic heterocycles. The first-order valence-electron chi connectivity index (χ1n) is 11.2. The number of Topliss-reactive ketones (excluding diaryl/α,β-unsaturated/α-hetero) is 1. The normalized spacial score (nSPS) is 15.0. The second kappa shape index (κ2) is 8.97. The fraction of sp³-hybridized carbons (Fsp3) is 0.320. The van der Waals surface area contributed by atoms with E-state index in [0.29, 0.717) is 22.4 Å². The predicted molar refractivity (Wildman–Crippen MR) is 121 cm³/mol. The van der Waals surface area contributed by atoms with E-state index in [-0.39, 0.29) is 25.8 Å². The van der Waals surface area contributed by atoms with E-state index in [1.54, 1.807) is 29.0 Å². The van der Waals surface area contributed by atoms with Crippen molar-refractivity contribution in [1.29, 1.82) is 0 Å². The van der Waals surface area contributed by atoms with Crippen molar-refractivity contribution in [2.75, 3.05) is 19.9 Å². The molecule has 1 saturated heterocycles. The molecule has 0 spiro atoms. The molecule has 8 nitrogen and oxygen atoms in total. The van der Waals surface area contributed by atoms with Gasteiger partial charge in [0.15, 0.2) is 11.5 Å². The van der Waals surface area contributed by atoms with Gasteiger partial charge >= 0.3 is 0 Å². The number of nitrogens with one attached hydrogen (secondary N) is 1. The van der Waals surface area contributed by atoms with Crippen LogP contribution in [-0.4, -0.2) is 46.9 Å². The summed E-state index contributed by atoms with van der Waals surface area (Å²) in [6.07, 6.45) is 4.81. The van der Waals surface area contributed by atoms with Gasteiger partial charge in [-0.25, -0.2) is 0 Å². The Morgan fingerprint density at radius 1 is 0.939 bits per heavy atom. The molecule has 3 aromatic rings. The van der Waals surface area contributed by atoms with Crippen LogP contribution in [0.4, 0.5) is 0 Å². The molecule has 3 heterocycles. The van der Waals surface area contributed by atoms with Crippen molar-refractivity contribution in [3.63, 3.8) is 0 Å². The molecule has 1 N–H and O–H groups in total. The molecule has 0 aliphatic carbocycles. The second-order valence-electron chi connectivity index (χ2n) is 8.33. The quantitative estimate of drug-likeness (QED) is 0.464. The number of carbonyl (C=O) groups is 3. The maximum absolute atomic E-state index is 13.0. The van der Waals surface area contributed by atoms with E-state index < -0.39 is 11.7 Å². The van der Waals surface area contributed by atoms with Gasteiger partial charge in [-0.05, 0) is 43.0 Å². The van der Waals surface area contributed by atoms with Crippen molar-refractivity contribution in [2.24, 2.45) is 0 Å². The van der Waals surface area contributed by atoms with Gasteiger partial charge in [0.05, 0.1) is 5.56 Å². The van der Waals surface area contributed by atoms with E-state index >= 15 is 0 Å². The summed E-state index contributed by atoms with van der Waals surface area (Å²) in [7, 11) is 0. The van der Waals surface area contributed by atoms with E-state index in [1.165, 1.54) is 0 Å². The van der Waals surface area contributed by atoms with Gasteiger partial charge in [0.25, 0.3) is 11.7 Å². The van der Waals surface area contributed by atoms with Crippen molar-refractivity contribution in [1.82, 2.24) is 14.8 Å². The van der Waals surface area contributed by atoms with E-state index in [4.69, 9.17) is 9.47 Å². The molecule has 8 heteroatoms. The maximum atomic E-state index is 13.0. The van der Waals surface area contributed by atoms with Gasteiger partial charge in [0.1, 0.15) is 6.54 Å². The Morgan fingerprint density at radius 2 is 1.73 bits per heavy atom. The number of para-hydroxylation sites is 1. The second-order valence-corrected chi connectivity index (χ2v) is 8.33. The van der Waals surface area contributed by atoms with E-state index in [0.717, 1.165) is 43.4 Å². The van der Waals surface area contributed by atoms with Crippen molar-refractivity contribution in [2.45, 2.75) is 32.4 Å². The number of hydrogen-bond acceptors (Lipinski definition) is 5. The average molecular weight is 447 g/mol. The van der Waals surface area contributed by atoms with Crippen molar-refractivity contribution >= 4 is 28.5 Å². The molecule has 0 radical (unpaired) electrons. The number of rotatable bonds is 6. The monoisotopic (exact) mass is 447 g/mol. The summed E-state index contributed by atoms with van der Waals surface area (Å²) in [5.41, 5.74) is 1.85. The Labute approximate surface area is 191 Å². The van der Waals surface area contributed by atoms with Gasteiger partial charge in [-0.15, -0.1) is 0 Å². The molecule has 0 unspecified atom stereocenters. The van der Waals surface area contributed by atoms with Crippen LogP contribution in [0.5, 0.6) is 11.5 Å². The van der Waals surface area contributed by atoms with E-state index in [9.17, 15) is 14.4 Å². The Hall–Kier alpha value is -3.81. The molecule has 5 rings (SSSR count). The third-order valence-electron chi connectivity index (χ3n) is 6.14. The number of ether oxygens (including phenoxy) is 2. The predicted octanol–water partition coefficient (Wildman–Crippen LogP) is 2.88. The summed E-state index contributed by atoms with van der Waals surface area (Å²) in [4.78, 5) is 40.3. The van der Waals surface area contributed by atoms with E-state index in [2.05, 4.69) is 5.32 Å². The highest BCUT2D eigenvalue weighted by molar-refractivity contribution is 6.45. The standard InChI is InChI=1S/C25H25N3O5/c29-23(27-10-4-1-5-11-27)15-28-14-19(18-6-2-3-7-20(18)28)24(30)25(31)26-13-17-8-9-21-22(12-17)33-16-32-21/h2-3,6-9,12,14H,1,4-5,10-11,13,15-16H2,(H,26,31). The lowest BCUT2D eigenvalue weighted by Gasteiger charge is -2.27. The number of fused-ring (bicyclic) bond motifs is 2. The largest absolute Gasteiger partial charge is 0.454 e. The zero-order valence-corrected chi connectivity index (χ0v) is 18.2. The van der Waals surface area contributed by atoms with Crippen LogP contribution in [0.1, 0.15) is 35.2 Å². The zero-order chi connectivity index (χ0) is 22.8. The summed E-state index contributed by atoms with van der Waals surface area (Å²) in [5, 5.41) is 3.34. The molecule has 0 atom stereocenters. The van der Waals surface area contributed by atoms with Crippen LogP contribution in [0.2, 0.25) is 0 Å². The van der Waals surface area contributed by atoms with Crippen molar-refractivity contribution in [3.8, 4) is 11.5 Å². The first kappa shape index (κ1) is 21.1. The topological polar surface area (TPSA) is 89.9 Å². The third kappa shape index (κ3) is 4.28. The van der Waals surface area contributed by atoms with Crippen molar-refractivity contribution in [3.05, 3.63) is 59.8 Å². The summed E-state index contributed by atoms with van der Waals surface area (Å²) < 4.78 is 12.4. The molecule has 33 heavy (non-hydrogen) atoms.